The van der Waals surface area contributed by atoms with E-state index in [0.717, 1.165) is 0 Å². The number of hydrogen-bond donors (Lipinski definition) is 1. The second-order valence-corrected chi connectivity index (χ2v) is 2.23. The molecule has 0 amide bonds. The molecule has 1 heterocycles. The predicted molar refractivity (Wildman–Crippen MR) is 31.3 cm³/mol. The van der Waals surface area contributed by atoms with E-state index in [1.165, 1.54) is 11.3 Å². The van der Waals surface area contributed by atoms with Crippen molar-refractivity contribution in [2.45, 2.75) is 0 Å². The van der Waals surface area contributed by atoms with Crippen LogP contribution in [0.3, 0.4) is 0 Å². The maximum Gasteiger partial charge on any atom is 0.345 e. The average Bonchev–Trinajstić information content (AvgIpc) is 2.12. The number of carbonyl (C=O) groups is 1. The standard InChI is InChI=1S/C5H4O2S.Cu/c6-5(7)4-2-1-3-8-4;/h1-3H,(H,6,7);. The molecule has 1 radical (unpaired) electrons. The number of carboxylic acids is 1. The van der Waals surface area contributed by atoms with E-state index >= 15 is 0 Å². The maximum absolute atomic E-state index is 10.1. The SMILES string of the molecule is O=C(O)c1cccs1.[Cu]. The molecule has 2 nitrogen and oxygen atoms in total. The van der Waals surface area contributed by atoms with Gasteiger partial charge in [0.05, 0.1) is 0 Å². The third-order valence-electron chi connectivity index (χ3n) is 0.732. The smallest absolute Gasteiger partial charge is 0.345 e. The van der Waals surface area contributed by atoms with Crippen molar-refractivity contribution in [1.82, 2.24) is 0 Å². The summed E-state index contributed by atoms with van der Waals surface area (Å²) in [4.78, 5) is 10.5. The average molecular weight is 192 g/mol. The number of hydrogen-bond acceptors (Lipinski definition) is 2. The monoisotopic (exact) mass is 191 g/mol. The molecule has 0 aliphatic carbocycles. The fourth-order valence-corrected chi connectivity index (χ4v) is 0.962. The van der Waals surface area contributed by atoms with Gasteiger partial charge < -0.3 is 5.11 Å². The van der Waals surface area contributed by atoms with Gasteiger partial charge in [-0.05, 0) is 11.4 Å². The van der Waals surface area contributed by atoms with E-state index in [4.69, 9.17) is 5.11 Å². The molecule has 0 atom stereocenters. The molecular formula is C5H4CuO2S. The minimum atomic E-state index is -0.847. The number of thiophene rings is 1. The summed E-state index contributed by atoms with van der Waals surface area (Å²) in [6.07, 6.45) is 0. The summed E-state index contributed by atoms with van der Waals surface area (Å²) in [5.41, 5.74) is 0. The molecule has 0 unspecified atom stereocenters. The Balaban J connectivity index is 0.000000640. The van der Waals surface area contributed by atoms with Crippen LogP contribution in [0.15, 0.2) is 17.5 Å². The van der Waals surface area contributed by atoms with E-state index in [0.29, 0.717) is 4.88 Å². The van der Waals surface area contributed by atoms with Gasteiger partial charge >= 0.3 is 5.97 Å². The van der Waals surface area contributed by atoms with Crippen LogP contribution in [0.5, 0.6) is 0 Å². The van der Waals surface area contributed by atoms with E-state index < -0.39 is 5.97 Å². The van der Waals surface area contributed by atoms with Crippen LogP contribution in [0.25, 0.3) is 0 Å². The van der Waals surface area contributed by atoms with E-state index in [9.17, 15) is 4.79 Å². The second-order valence-electron chi connectivity index (χ2n) is 1.28. The fourth-order valence-electron chi connectivity index (χ4n) is 0.400. The summed E-state index contributed by atoms with van der Waals surface area (Å²) in [7, 11) is 0. The third-order valence-corrected chi connectivity index (χ3v) is 1.59. The molecule has 0 saturated carbocycles. The van der Waals surface area contributed by atoms with Crippen molar-refractivity contribution >= 4 is 17.3 Å². The molecule has 4 heteroatoms. The molecule has 1 N–H and O–H groups in total. The first-order valence-electron chi connectivity index (χ1n) is 2.07. The number of rotatable bonds is 1. The Bertz CT molecular complexity index is 183. The topological polar surface area (TPSA) is 37.3 Å². The molecule has 1 aromatic heterocycles. The Morgan fingerprint density at radius 1 is 1.67 bits per heavy atom. The molecule has 0 saturated heterocycles. The first-order valence-corrected chi connectivity index (χ1v) is 2.95. The normalized spacial score (nSPS) is 8.00. The van der Waals surface area contributed by atoms with Crippen molar-refractivity contribution in [3.8, 4) is 0 Å². The van der Waals surface area contributed by atoms with Gasteiger partial charge in [0.25, 0.3) is 0 Å². The number of carboxylic acid groups (broad SMARTS) is 1. The quantitative estimate of drug-likeness (QED) is 0.683. The van der Waals surface area contributed by atoms with Gasteiger partial charge in [0.1, 0.15) is 4.88 Å². The van der Waals surface area contributed by atoms with Gasteiger partial charge in [0, 0.05) is 17.1 Å². The minimum absolute atomic E-state index is 0. The van der Waals surface area contributed by atoms with Crippen molar-refractivity contribution in [1.29, 1.82) is 0 Å². The molecule has 9 heavy (non-hydrogen) atoms. The summed E-state index contributed by atoms with van der Waals surface area (Å²) < 4.78 is 0. The van der Waals surface area contributed by atoms with Gasteiger partial charge in [-0.25, -0.2) is 4.79 Å². The van der Waals surface area contributed by atoms with E-state index in [2.05, 4.69) is 0 Å². The van der Waals surface area contributed by atoms with Crippen LogP contribution < -0.4 is 0 Å². The van der Waals surface area contributed by atoms with Crippen LogP contribution in [-0.2, 0) is 17.1 Å². The Morgan fingerprint density at radius 3 is 2.56 bits per heavy atom. The van der Waals surface area contributed by atoms with Crippen molar-refractivity contribution in [2.75, 3.05) is 0 Å². The molecule has 0 bridgehead atoms. The summed E-state index contributed by atoms with van der Waals surface area (Å²) >= 11 is 1.23. The zero-order chi connectivity index (χ0) is 5.98. The third kappa shape index (κ3) is 2.18. The molecule has 0 aliphatic rings. The van der Waals surface area contributed by atoms with Crippen molar-refractivity contribution < 1.29 is 27.0 Å². The van der Waals surface area contributed by atoms with Crippen LogP contribution in [0.1, 0.15) is 9.67 Å². The van der Waals surface area contributed by atoms with Gasteiger partial charge in [0.15, 0.2) is 0 Å². The largest absolute Gasteiger partial charge is 0.477 e. The summed E-state index contributed by atoms with van der Waals surface area (Å²) in [5, 5.41) is 10.0. The van der Waals surface area contributed by atoms with Crippen LogP contribution in [-0.4, -0.2) is 11.1 Å². The van der Waals surface area contributed by atoms with Crippen LogP contribution in [0.2, 0.25) is 0 Å². The second kappa shape index (κ2) is 3.67. The fraction of sp³-hybridized carbons (Fsp3) is 0. The zero-order valence-electron chi connectivity index (χ0n) is 4.30. The van der Waals surface area contributed by atoms with Crippen LogP contribution in [0, 0.1) is 0 Å². The van der Waals surface area contributed by atoms with E-state index in [1.54, 1.807) is 17.5 Å². The first-order chi connectivity index (χ1) is 3.80. The van der Waals surface area contributed by atoms with E-state index in [1.807, 2.05) is 0 Å². The Kier molecular flexibility index (Phi) is 3.54. The summed E-state index contributed by atoms with van der Waals surface area (Å²) in [5.74, 6) is -0.847. The van der Waals surface area contributed by atoms with Gasteiger partial charge in [-0.2, -0.15) is 0 Å². The van der Waals surface area contributed by atoms with Crippen molar-refractivity contribution in [3.63, 3.8) is 0 Å². The van der Waals surface area contributed by atoms with Crippen LogP contribution in [0.4, 0.5) is 0 Å². The zero-order valence-corrected chi connectivity index (χ0v) is 6.06. The molecule has 0 fully saturated rings. The molecule has 0 spiro atoms. The van der Waals surface area contributed by atoms with Gasteiger partial charge in [-0.3, -0.25) is 0 Å². The van der Waals surface area contributed by atoms with Crippen molar-refractivity contribution in [2.24, 2.45) is 0 Å². The van der Waals surface area contributed by atoms with Crippen molar-refractivity contribution in [3.05, 3.63) is 22.4 Å². The molecule has 0 aliphatic heterocycles. The van der Waals surface area contributed by atoms with E-state index in [-0.39, 0.29) is 17.1 Å². The Morgan fingerprint density at radius 2 is 2.33 bits per heavy atom. The number of aromatic carboxylic acids is 1. The first kappa shape index (κ1) is 8.69. The summed E-state index contributed by atoms with van der Waals surface area (Å²) in [6, 6.07) is 3.29. The van der Waals surface area contributed by atoms with Gasteiger partial charge in [-0.15, -0.1) is 11.3 Å². The van der Waals surface area contributed by atoms with Crippen LogP contribution >= 0.6 is 11.3 Å². The summed E-state index contributed by atoms with van der Waals surface area (Å²) in [6.45, 7) is 0. The molecule has 1 aromatic rings. The van der Waals surface area contributed by atoms with Gasteiger partial charge in [-0.1, -0.05) is 6.07 Å². The Labute approximate surface area is 67.0 Å². The maximum atomic E-state index is 10.1. The minimum Gasteiger partial charge on any atom is -0.477 e. The molecular weight excluding hydrogens is 188 g/mol. The Hall–Kier alpha value is -0.311. The predicted octanol–water partition coefficient (Wildman–Crippen LogP) is 1.44. The molecule has 53 valence electrons. The molecule has 0 aromatic carbocycles. The van der Waals surface area contributed by atoms with Gasteiger partial charge in [0.2, 0.25) is 0 Å². The molecule has 1 rings (SSSR count).